The van der Waals surface area contributed by atoms with E-state index < -0.39 is 0 Å². The Morgan fingerprint density at radius 2 is 2.00 bits per heavy atom. The topological polar surface area (TPSA) is 75.9 Å². The first-order valence-electron chi connectivity index (χ1n) is 9.26. The average molecular weight is 358 g/mol. The third-order valence-corrected chi connectivity index (χ3v) is 5.25. The molecule has 26 heavy (non-hydrogen) atoms. The maximum Gasteiger partial charge on any atom is 0.223 e. The van der Waals surface area contributed by atoms with Crippen LogP contribution in [-0.2, 0) is 11.3 Å². The fourth-order valence-corrected chi connectivity index (χ4v) is 3.94. The molecule has 2 aliphatic heterocycles. The van der Waals surface area contributed by atoms with Crippen LogP contribution in [0.2, 0.25) is 0 Å². The number of nitrogens with one attached hydrogen (secondary N) is 1. The third-order valence-electron chi connectivity index (χ3n) is 5.25. The van der Waals surface area contributed by atoms with Gasteiger partial charge in [-0.1, -0.05) is 0 Å². The molecule has 0 unspecified atom stereocenters. The van der Waals surface area contributed by atoms with Gasteiger partial charge in [0.05, 0.1) is 6.54 Å². The van der Waals surface area contributed by atoms with Crippen molar-refractivity contribution in [3.05, 3.63) is 30.1 Å². The maximum atomic E-state index is 13.0. The number of carbonyl (C=O) groups is 1. The van der Waals surface area contributed by atoms with E-state index in [4.69, 9.17) is 0 Å². The van der Waals surface area contributed by atoms with E-state index in [2.05, 4.69) is 25.6 Å². The summed E-state index contributed by atoms with van der Waals surface area (Å²) in [6, 6.07) is 6.76. The van der Waals surface area contributed by atoms with Crippen molar-refractivity contribution in [1.29, 1.82) is 0 Å². The second-order valence-electron chi connectivity index (χ2n) is 7.00. The number of nitrogens with zero attached hydrogens (tertiary/aromatic N) is 5. The van der Waals surface area contributed by atoms with Crippen LogP contribution >= 0.6 is 0 Å². The molecule has 1 aromatic carbocycles. The Hall–Kier alpha value is -2.35. The molecule has 0 spiro atoms. The molecule has 4 rings (SSSR count). The average Bonchev–Trinajstić information content (AvgIpc) is 3.19. The van der Waals surface area contributed by atoms with Gasteiger partial charge in [0, 0.05) is 30.6 Å². The summed E-state index contributed by atoms with van der Waals surface area (Å²) < 4.78 is 13.0. The minimum Gasteiger partial charge on any atom is -0.335 e. The largest absolute Gasteiger partial charge is 0.335 e. The highest BCUT2D eigenvalue weighted by atomic mass is 19.1. The summed E-state index contributed by atoms with van der Waals surface area (Å²) in [6.45, 7) is 2.45. The Kier molecular flexibility index (Phi) is 4.92. The number of hydrogen-bond acceptors (Lipinski definition) is 5. The van der Waals surface area contributed by atoms with Gasteiger partial charge in [-0.15, -0.1) is 10.2 Å². The van der Waals surface area contributed by atoms with Crippen LogP contribution < -0.4 is 5.32 Å². The number of aromatic nitrogens is 4. The van der Waals surface area contributed by atoms with Gasteiger partial charge in [0.15, 0.2) is 0 Å². The lowest BCUT2D eigenvalue weighted by Crippen LogP contribution is -2.42. The van der Waals surface area contributed by atoms with E-state index in [1.165, 1.54) is 16.9 Å². The van der Waals surface area contributed by atoms with Crippen molar-refractivity contribution < 1.29 is 9.18 Å². The Balaban J connectivity index is 1.31. The zero-order valence-corrected chi connectivity index (χ0v) is 14.6. The molecule has 138 valence electrons. The van der Waals surface area contributed by atoms with Crippen molar-refractivity contribution in [2.75, 3.05) is 13.1 Å². The van der Waals surface area contributed by atoms with E-state index in [9.17, 15) is 9.18 Å². The van der Waals surface area contributed by atoms with Crippen molar-refractivity contribution >= 4 is 5.91 Å². The molecule has 1 N–H and O–H groups in total. The molecule has 0 saturated carbocycles. The van der Waals surface area contributed by atoms with Crippen LogP contribution in [0.15, 0.2) is 24.3 Å². The monoisotopic (exact) mass is 358 g/mol. The quantitative estimate of drug-likeness (QED) is 0.879. The number of amides is 1. The van der Waals surface area contributed by atoms with Crippen LogP contribution in [0.4, 0.5) is 4.39 Å². The molecule has 0 aliphatic carbocycles. The number of rotatable bonds is 5. The SMILES string of the molecule is O=C(CCCn1nnc(-c2ccc(F)cc2)n1)N1[C@H]2CCNC[C@@H]1CC2. The van der Waals surface area contributed by atoms with Gasteiger partial charge in [0.1, 0.15) is 5.82 Å². The summed E-state index contributed by atoms with van der Waals surface area (Å²) in [7, 11) is 0. The van der Waals surface area contributed by atoms with E-state index in [0.29, 0.717) is 37.3 Å². The van der Waals surface area contributed by atoms with E-state index in [0.717, 1.165) is 37.9 Å². The zero-order valence-electron chi connectivity index (χ0n) is 14.6. The smallest absolute Gasteiger partial charge is 0.223 e. The summed E-state index contributed by atoms with van der Waals surface area (Å²) in [4.78, 5) is 16.3. The number of tetrazole rings is 1. The molecule has 3 heterocycles. The van der Waals surface area contributed by atoms with Crippen LogP contribution in [0.25, 0.3) is 11.4 Å². The van der Waals surface area contributed by atoms with E-state index in [1.807, 2.05) is 0 Å². The number of hydrogen-bond donors (Lipinski definition) is 1. The number of benzene rings is 1. The minimum atomic E-state index is -0.294. The standard InChI is InChI=1S/C18H23FN6O/c19-14-5-3-13(4-6-14)18-21-23-24(22-18)11-1-2-17(26)25-15-7-8-16(25)12-20-10-9-15/h3-6,15-16,20H,1-2,7-12H2/t15-,16+/m1/s1. The fraction of sp³-hybridized carbons (Fsp3) is 0.556. The molecule has 2 atom stereocenters. The Labute approximate surface area is 151 Å². The van der Waals surface area contributed by atoms with Gasteiger partial charge < -0.3 is 10.2 Å². The number of aryl methyl sites for hydroxylation is 1. The fourth-order valence-electron chi connectivity index (χ4n) is 3.94. The molecule has 2 fully saturated rings. The van der Waals surface area contributed by atoms with Gasteiger partial charge in [-0.05, 0) is 61.7 Å². The van der Waals surface area contributed by atoms with Crippen LogP contribution in [0.5, 0.6) is 0 Å². The normalized spacial score (nSPS) is 22.4. The zero-order chi connectivity index (χ0) is 17.9. The highest BCUT2D eigenvalue weighted by Gasteiger charge is 2.37. The van der Waals surface area contributed by atoms with E-state index in [-0.39, 0.29) is 11.7 Å². The van der Waals surface area contributed by atoms with Gasteiger partial charge in [-0.2, -0.15) is 4.80 Å². The van der Waals surface area contributed by atoms with Crippen molar-refractivity contribution in [1.82, 2.24) is 30.4 Å². The van der Waals surface area contributed by atoms with Gasteiger partial charge in [0.2, 0.25) is 11.7 Å². The molecule has 1 aromatic heterocycles. The maximum absolute atomic E-state index is 13.0. The molecule has 2 saturated heterocycles. The minimum absolute atomic E-state index is 0.236. The van der Waals surface area contributed by atoms with Gasteiger partial charge in [0.25, 0.3) is 0 Å². The lowest BCUT2D eigenvalue weighted by atomic mass is 10.1. The molecular formula is C18H23FN6O. The molecule has 1 amide bonds. The van der Waals surface area contributed by atoms with Crippen molar-refractivity contribution in [3.8, 4) is 11.4 Å². The molecule has 2 aliphatic rings. The summed E-state index contributed by atoms with van der Waals surface area (Å²) in [5.74, 6) is 0.408. The third kappa shape index (κ3) is 3.60. The number of halogens is 1. The Bertz CT molecular complexity index is 747. The highest BCUT2D eigenvalue weighted by Crippen LogP contribution is 2.28. The predicted octanol–water partition coefficient (Wildman–Crippen LogP) is 1.61. The lowest BCUT2D eigenvalue weighted by Gasteiger charge is -2.28. The van der Waals surface area contributed by atoms with Crippen LogP contribution in [-0.4, -0.2) is 56.2 Å². The Morgan fingerprint density at radius 1 is 1.19 bits per heavy atom. The molecule has 8 heteroatoms. The first-order chi connectivity index (χ1) is 12.7. The van der Waals surface area contributed by atoms with Gasteiger partial charge in [-0.3, -0.25) is 4.79 Å². The van der Waals surface area contributed by atoms with Crippen molar-refractivity contribution in [3.63, 3.8) is 0 Å². The van der Waals surface area contributed by atoms with E-state index in [1.54, 1.807) is 12.1 Å². The Morgan fingerprint density at radius 3 is 2.85 bits per heavy atom. The summed E-state index contributed by atoms with van der Waals surface area (Å²) in [5.41, 5.74) is 0.724. The summed E-state index contributed by atoms with van der Waals surface area (Å²) in [5, 5.41) is 15.8. The van der Waals surface area contributed by atoms with Gasteiger partial charge >= 0.3 is 0 Å². The van der Waals surface area contributed by atoms with Crippen LogP contribution in [0.1, 0.15) is 32.1 Å². The van der Waals surface area contributed by atoms with E-state index >= 15 is 0 Å². The molecule has 7 nitrogen and oxygen atoms in total. The summed E-state index contributed by atoms with van der Waals surface area (Å²) >= 11 is 0. The van der Waals surface area contributed by atoms with Crippen LogP contribution in [0.3, 0.4) is 0 Å². The summed E-state index contributed by atoms with van der Waals surface area (Å²) in [6.07, 6.45) is 4.47. The first kappa shape index (κ1) is 17.1. The second kappa shape index (κ2) is 7.49. The molecular weight excluding hydrogens is 335 g/mol. The second-order valence-corrected chi connectivity index (χ2v) is 7.00. The molecule has 0 radical (unpaired) electrons. The number of carbonyl (C=O) groups excluding carboxylic acids is 1. The lowest BCUT2D eigenvalue weighted by molar-refractivity contribution is -0.133. The predicted molar refractivity (Wildman–Crippen MR) is 93.6 cm³/mol. The van der Waals surface area contributed by atoms with Crippen molar-refractivity contribution in [2.45, 2.75) is 50.7 Å². The number of fused-ring (bicyclic) bond motifs is 2. The van der Waals surface area contributed by atoms with Gasteiger partial charge in [-0.25, -0.2) is 4.39 Å². The van der Waals surface area contributed by atoms with Crippen LogP contribution in [0, 0.1) is 5.82 Å². The first-order valence-corrected chi connectivity index (χ1v) is 9.26. The van der Waals surface area contributed by atoms with Crippen molar-refractivity contribution in [2.24, 2.45) is 0 Å². The molecule has 2 aromatic rings. The molecule has 2 bridgehead atoms. The highest BCUT2D eigenvalue weighted by molar-refractivity contribution is 5.77.